The molecule has 0 atom stereocenters. The largest absolute Gasteiger partial charge is 0.335 e. The van der Waals surface area contributed by atoms with E-state index >= 15 is 0 Å². The lowest BCUT2D eigenvalue weighted by Gasteiger charge is -2.35. The van der Waals surface area contributed by atoms with Crippen molar-refractivity contribution in [2.24, 2.45) is 0 Å². The molecule has 1 saturated heterocycles. The van der Waals surface area contributed by atoms with Crippen molar-refractivity contribution in [1.82, 2.24) is 19.4 Å². The molecule has 2 heterocycles. The summed E-state index contributed by atoms with van der Waals surface area (Å²) in [4.78, 5) is 32.4. The van der Waals surface area contributed by atoms with Gasteiger partial charge in [0.1, 0.15) is 0 Å². The van der Waals surface area contributed by atoms with Crippen molar-refractivity contribution < 1.29 is 18.4 Å². The fraction of sp³-hybridized carbons (Fsp3) is 0.190. The first-order valence-electron chi connectivity index (χ1n) is 9.15. The zero-order chi connectivity index (χ0) is 20.4. The molecule has 1 aliphatic rings. The monoisotopic (exact) mass is 396 g/mol. The van der Waals surface area contributed by atoms with E-state index in [0.29, 0.717) is 31.7 Å². The Morgan fingerprint density at radius 3 is 1.93 bits per heavy atom. The number of aromatic nitrogens is 2. The highest BCUT2D eigenvalue weighted by molar-refractivity contribution is 5.96. The zero-order valence-corrected chi connectivity index (χ0v) is 15.5. The van der Waals surface area contributed by atoms with Crippen LogP contribution >= 0.6 is 0 Å². The maximum atomic E-state index is 13.4. The van der Waals surface area contributed by atoms with Crippen molar-refractivity contribution in [2.45, 2.75) is 0 Å². The predicted octanol–water partition coefficient (Wildman–Crippen LogP) is 2.75. The molecule has 0 spiro atoms. The second-order valence-electron chi connectivity index (χ2n) is 6.73. The van der Waals surface area contributed by atoms with Gasteiger partial charge in [-0.1, -0.05) is 0 Å². The van der Waals surface area contributed by atoms with Crippen LogP contribution in [0.1, 0.15) is 20.7 Å². The van der Waals surface area contributed by atoms with Crippen LogP contribution in [0.4, 0.5) is 8.78 Å². The summed E-state index contributed by atoms with van der Waals surface area (Å²) in [5.41, 5.74) is 1.56. The van der Waals surface area contributed by atoms with Crippen LogP contribution in [-0.4, -0.2) is 57.3 Å². The number of benzene rings is 2. The molecule has 4 rings (SSSR count). The molecule has 29 heavy (non-hydrogen) atoms. The average molecular weight is 396 g/mol. The lowest BCUT2D eigenvalue weighted by Crippen LogP contribution is -2.50. The fourth-order valence-corrected chi connectivity index (χ4v) is 3.29. The molecule has 1 aliphatic heterocycles. The Morgan fingerprint density at radius 2 is 1.38 bits per heavy atom. The van der Waals surface area contributed by atoms with E-state index in [2.05, 4.69) is 4.98 Å². The van der Waals surface area contributed by atoms with Gasteiger partial charge in [-0.15, -0.1) is 0 Å². The summed E-state index contributed by atoms with van der Waals surface area (Å²) < 4.78 is 28.3. The van der Waals surface area contributed by atoms with Crippen LogP contribution in [0.15, 0.2) is 61.2 Å². The minimum Gasteiger partial charge on any atom is -0.335 e. The van der Waals surface area contributed by atoms with Gasteiger partial charge in [0.2, 0.25) is 0 Å². The summed E-state index contributed by atoms with van der Waals surface area (Å²) in [6.45, 7) is 1.41. The van der Waals surface area contributed by atoms with E-state index < -0.39 is 11.6 Å². The number of hydrogen-bond acceptors (Lipinski definition) is 3. The minimum atomic E-state index is -1.05. The van der Waals surface area contributed by atoms with Crippen molar-refractivity contribution in [3.63, 3.8) is 0 Å². The lowest BCUT2D eigenvalue weighted by atomic mass is 10.1. The van der Waals surface area contributed by atoms with E-state index in [9.17, 15) is 18.4 Å². The number of rotatable bonds is 3. The normalized spacial score (nSPS) is 14.1. The number of halogens is 2. The molecule has 3 aromatic rings. The third kappa shape index (κ3) is 3.87. The number of imidazole rings is 1. The Morgan fingerprint density at radius 1 is 0.793 bits per heavy atom. The summed E-state index contributed by atoms with van der Waals surface area (Å²) in [5, 5.41) is 0. The first-order valence-corrected chi connectivity index (χ1v) is 9.15. The Balaban J connectivity index is 1.38. The van der Waals surface area contributed by atoms with Crippen molar-refractivity contribution >= 4 is 11.8 Å². The van der Waals surface area contributed by atoms with Gasteiger partial charge in [-0.05, 0) is 42.5 Å². The van der Waals surface area contributed by atoms with Gasteiger partial charge in [0, 0.05) is 55.4 Å². The van der Waals surface area contributed by atoms with Gasteiger partial charge in [0.25, 0.3) is 11.8 Å². The molecule has 2 aromatic carbocycles. The van der Waals surface area contributed by atoms with Gasteiger partial charge < -0.3 is 14.4 Å². The molecule has 0 unspecified atom stereocenters. The molecular weight excluding hydrogens is 378 g/mol. The van der Waals surface area contributed by atoms with Crippen molar-refractivity contribution in [3.8, 4) is 5.69 Å². The van der Waals surface area contributed by atoms with Crippen LogP contribution in [0, 0.1) is 11.6 Å². The molecule has 148 valence electrons. The third-order valence-corrected chi connectivity index (χ3v) is 4.94. The van der Waals surface area contributed by atoms with E-state index in [4.69, 9.17) is 0 Å². The smallest absolute Gasteiger partial charge is 0.254 e. The van der Waals surface area contributed by atoms with Crippen LogP contribution in [0.3, 0.4) is 0 Å². The van der Waals surface area contributed by atoms with Gasteiger partial charge in [0.15, 0.2) is 11.6 Å². The number of carbonyl (C=O) groups excluding carboxylic acids is 2. The van der Waals surface area contributed by atoms with E-state index in [0.717, 1.165) is 17.8 Å². The molecule has 0 bridgehead atoms. The molecule has 6 nitrogen and oxygen atoms in total. The van der Waals surface area contributed by atoms with Gasteiger partial charge >= 0.3 is 0 Å². The van der Waals surface area contributed by atoms with E-state index in [1.165, 1.54) is 6.07 Å². The first-order chi connectivity index (χ1) is 14.0. The predicted molar refractivity (Wildman–Crippen MR) is 102 cm³/mol. The van der Waals surface area contributed by atoms with Gasteiger partial charge in [-0.3, -0.25) is 9.59 Å². The second-order valence-corrected chi connectivity index (χ2v) is 6.73. The van der Waals surface area contributed by atoms with Crippen molar-refractivity contribution in [2.75, 3.05) is 26.2 Å². The topological polar surface area (TPSA) is 58.4 Å². The second kappa shape index (κ2) is 7.83. The molecule has 0 saturated carbocycles. The van der Waals surface area contributed by atoms with E-state index in [1.807, 2.05) is 22.9 Å². The fourth-order valence-electron chi connectivity index (χ4n) is 3.29. The third-order valence-electron chi connectivity index (χ3n) is 4.94. The summed E-state index contributed by atoms with van der Waals surface area (Å²) in [7, 11) is 0. The van der Waals surface area contributed by atoms with Crippen molar-refractivity contribution in [1.29, 1.82) is 0 Å². The highest BCUT2D eigenvalue weighted by atomic mass is 19.2. The summed E-state index contributed by atoms with van der Waals surface area (Å²) in [6, 6.07) is 10.3. The van der Waals surface area contributed by atoms with E-state index in [-0.39, 0.29) is 17.4 Å². The molecule has 8 heteroatoms. The highest BCUT2D eigenvalue weighted by Crippen LogP contribution is 2.15. The highest BCUT2D eigenvalue weighted by Gasteiger charge is 2.26. The molecular formula is C21H18F2N4O2. The standard InChI is InChI=1S/C21H18F2N4O2/c22-18-6-3-16(13-19(18)23)21(29)26-11-9-25(10-12-26)20(28)15-1-4-17(5-2-15)27-8-7-24-14-27/h1-8,13-14H,9-12H2. The molecule has 0 N–H and O–H groups in total. The summed E-state index contributed by atoms with van der Waals surface area (Å²) in [6.07, 6.45) is 5.18. The number of nitrogens with zero attached hydrogens (tertiary/aromatic N) is 4. The lowest BCUT2D eigenvalue weighted by molar-refractivity contribution is 0.0535. The van der Waals surface area contributed by atoms with Crippen LogP contribution < -0.4 is 0 Å². The Hall–Kier alpha value is -3.55. The van der Waals surface area contributed by atoms with Gasteiger partial charge in [0.05, 0.1) is 6.33 Å². The first kappa shape index (κ1) is 18.8. The van der Waals surface area contributed by atoms with Gasteiger partial charge in [-0.25, -0.2) is 13.8 Å². The van der Waals surface area contributed by atoms with Crippen molar-refractivity contribution in [3.05, 3.63) is 83.9 Å². The molecule has 0 radical (unpaired) electrons. The Bertz CT molecular complexity index is 1030. The minimum absolute atomic E-state index is 0.0961. The summed E-state index contributed by atoms with van der Waals surface area (Å²) >= 11 is 0. The molecule has 1 fully saturated rings. The van der Waals surface area contributed by atoms with Crippen LogP contribution in [0.25, 0.3) is 5.69 Å². The van der Waals surface area contributed by atoms with E-state index in [1.54, 1.807) is 34.5 Å². The number of piperazine rings is 1. The quantitative estimate of drug-likeness (QED) is 0.684. The van der Waals surface area contributed by atoms with Crippen LogP contribution in [0.5, 0.6) is 0 Å². The zero-order valence-electron chi connectivity index (χ0n) is 15.5. The Kier molecular flexibility index (Phi) is 5.07. The average Bonchev–Trinajstić information content (AvgIpc) is 3.30. The molecule has 0 aliphatic carbocycles. The van der Waals surface area contributed by atoms with Gasteiger partial charge in [-0.2, -0.15) is 0 Å². The maximum absolute atomic E-state index is 13.4. The summed E-state index contributed by atoms with van der Waals surface area (Å²) in [5.74, 6) is -2.53. The Labute approximate surface area is 166 Å². The molecule has 2 amide bonds. The SMILES string of the molecule is O=C(c1ccc(-n2ccnc2)cc1)N1CCN(C(=O)c2ccc(F)c(F)c2)CC1. The van der Waals surface area contributed by atoms with Crippen LogP contribution in [-0.2, 0) is 0 Å². The number of carbonyl (C=O) groups is 2. The number of hydrogen-bond donors (Lipinski definition) is 0. The number of amides is 2. The molecule has 1 aromatic heterocycles. The van der Waals surface area contributed by atoms with Crippen LogP contribution in [0.2, 0.25) is 0 Å². The maximum Gasteiger partial charge on any atom is 0.254 e.